The fourth-order valence-corrected chi connectivity index (χ4v) is 2.91. The molecule has 0 amide bonds. The smallest absolute Gasteiger partial charge is 0.142 e. The zero-order valence-corrected chi connectivity index (χ0v) is 8.61. The van der Waals surface area contributed by atoms with Gasteiger partial charge in [0.2, 0.25) is 0 Å². The first-order chi connectivity index (χ1) is 7.33. The van der Waals surface area contributed by atoms with Crippen molar-refractivity contribution in [2.75, 3.05) is 0 Å². The summed E-state index contributed by atoms with van der Waals surface area (Å²) in [5.74, 6) is 0.620. The Bertz CT molecular complexity index is 358. The molecule has 3 heterocycles. The number of fused-ring (bicyclic) bond motifs is 2. The van der Waals surface area contributed by atoms with Gasteiger partial charge in [-0.05, 0) is 30.9 Å². The summed E-state index contributed by atoms with van der Waals surface area (Å²) >= 11 is 0. The van der Waals surface area contributed by atoms with Crippen molar-refractivity contribution in [2.24, 2.45) is 5.92 Å². The molecule has 1 aromatic rings. The molecule has 0 aliphatic carbocycles. The quantitative estimate of drug-likeness (QED) is 0.813. The average molecular weight is 205 g/mol. The molecule has 0 aromatic carbocycles. The molecule has 2 saturated heterocycles. The number of hydrogen-bond acceptors (Lipinski definition) is 3. The van der Waals surface area contributed by atoms with Gasteiger partial charge in [0.1, 0.15) is 5.78 Å². The van der Waals surface area contributed by atoms with Crippen LogP contribution in [0.2, 0.25) is 0 Å². The van der Waals surface area contributed by atoms with Crippen LogP contribution in [0.1, 0.15) is 24.8 Å². The number of nitrogens with one attached hydrogen (secondary N) is 1. The largest absolute Gasteiger partial charge is 0.472 e. The van der Waals surface area contributed by atoms with Gasteiger partial charge < -0.3 is 9.73 Å². The minimum atomic E-state index is 0.249. The van der Waals surface area contributed by atoms with Crippen LogP contribution >= 0.6 is 0 Å². The Morgan fingerprint density at radius 3 is 3.07 bits per heavy atom. The van der Waals surface area contributed by atoms with Crippen molar-refractivity contribution in [1.82, 2.24) is 5.32 Å². The van der Waals surface area contributed by atoms with E-state index in [0.717, 1.165) is 12.0 Å². The van der Waals surface area contributed by atoms with Crippen LogP contribution < -0.4 is 5.32 Å². The molecule has 3 heteroatoms. The number of carbonyl (C=O) groups is 1. The molecular weight excluding hydrogens is 190 g/mol. The van der Waals surface area contributed by atoms with E-state index in [0.29, 0.717) is 24.3 Å². The summed E-state index contributed by atoms with van der Waals surface area (Å²) in [6.45, 7) is 0. The van der Waals surface area contributed by atoms with Gasteiger partial charge in [0.05, 0.1) is 12.5 Å². The highest BCUT2D eigenvalue weighted by Crippen LogP contribution is 2.34. The van der Waals surface area contributed by atoms with E-state index >= 15 is 0 Å². The second-order valence-electron chi connectivity index (χ2n) is 4.66. The van der Waals surface area contributed by atoms with Crippen LogP contribution in [0.4, 0.5) is 0 Å². The van der Waals surface area contributed by atoms with E-state index in [1.807, 2.05) is 6.07 Å². The van der Waals surface area contributed by atoms with E-state index in [2.05, 4.69) is 5.32 Å². The minimum Gasteiger partial charge on any atom is -0.472 e. The molecular formula is C12H15NO2. The van der Waals surface area contributed by atoms with Crippen LogP contribution in [0, 0.1) is 5.92 Å². The molecule has 2 fully saturated rings. The lowest BCUT2D eigenvalue weighted by atomic mass is 9.84. The van der Waals surface area contributed by atoms with Crippen molar-refractivity contribution >= 4 is 5.78 Å². The fourth-order valence-electron chi connectivity index (χ4n) is 2.91. The lowest BCUT2D eigenvalue weighted by Crippen LogP contribution is -2.29. The van der Waals surface area contributed by atoms with E-state index in [1.54, 1.807) is 12.5 Å². The molecule has 0 radical (unpaired) electrons. The number of Topliss-reactive ketones (excluding diaryl/α,β-unsaturated/α-hetero) is 1. The summed E-state index contributed by atoms with van der Waals surface area (Å²) < 4.78 is 4.97. The Morgan fingerprint density at radius 1 is 1.53 bits per heavy atom. The lowest BCUT2D eigenvalue weighted by molar-refractivity contribution is -0.122. The van der Waals surface area contributed by atoms with Gasteiger partial charge in [-0.2, -0.15) is 0 Å². The first-order valence-electron chi connectivity index (χ1n) is 5.63. The molecule has 2 bridgehead atoms. The normalized spacial score (nSPS) is 33.5. The molecule has 1 N–H and O–H groups in total. The number of furan rings is 1. The highest BCUT2D eigenvalue weighted by Gasteiger charge is 2.42. The molecule has 3 rings (SSSR count). The standard InChI is InChI=1S/C12H15NO2/c14-12(5-8-3-4-15-7-8)10-6-9-1-2-11(10)13-9/h3-4,7,9-11,13H,1-2,5-6H2. The molecule has 3 atom stereocenters. The predicted octanol–water partition coefficient (Wildman–Crippen LogP) is 1.53. The summed E-state index contributed by atoms with van der Waals surface area (Å²) in [6.07, 6.45) is 7.29. The fraction of sp³-hybridized carbons (Fsp3) is 0.583. The summed E-state index contributed by atoms with van der Waals surface area (Å²) in [6, 6.07) is 2.93. The first kappa shape index (κ1) is 9.16. The van der Waals surface area contributed by atoms with Crippen LogP contribution in [0.25, 0.3) is 0 Å². The number of rotatable bonds is 3. The van der Waals surface area contributed by atoms with Crippen LogP contribution in [-0.4, -0.2) is 17.9 Å². The van der Waals surface area contributed by atoms with Gasteiger partial charge in [-0.25, -0.2) is 0 Å². The third-order valence-electron chi connectivity index (χ3n) is 3.67. The maximum Gasteiger partial charge on any atom is 0.142 e. The Hall–Kier alpha value is -1.09. The molecule has 0 saturated carbocycles. The van der Waals surface area contributed by atoms with Crippen LogP contribution in [0.15, 0.2) is 23.0 Å². The molecule has 3 nitrogen and oxygen atoms in total. The molecule has 2 aliphatic heterocycles. The Labute approximate surface area is 88.8 Å². The van der Waals surface area contributed by atoms with E-state index in [9.17, 15) is 4.79 Å². The third-order valence-corrected chi connectivity index (χ3v) is 3.67. The van der Waals surface area contributed by atoms with Crippen molar-refractivity contribution in [2.45, 2.75) is 37.8 Å². The van der Waals surface area contributed by atoms with Gasteiger partial charge in [-0.3, -0.25) is 4.79 Å². The van der Waals surface area contributed by atoms with Crippen molar-refractivity contribution in [1.29, 1.82) is 0 Å². The maximum absolute atomic E-state index is 12.0. The minimum absolute atomic E-state index is 0.249. The molecule has 1 aromatic heterocycles. The van der Waals surface area contributed by atoms with E-state index in [4.69, 9.17) is 4.42 Å². The van der Waals surface area contributed by atoms with Crippen molar-refractivity contribution in [3.05, 3.63) is 24.2 Å². The van der Waals surface area contributed by atoms with Gasteiger partial charge >= 0.3 is 0 Å². The van der Waals surface area contributed by atoms with Gasteiger partial charge in [0, 0.05) is 24.4 Å². The number of ketones is 1. The topological polar surface area (TPSA) is 42.2 Å². The van der Waals surface area contributed by atoms with E-state index in [-0.39, 0.29) is 5.92 Å². The monoisotopic (exact) mass is 205 g/mol. The SMILES string of the molecule is O=C(Cc1ccoc1)C1CC2CCC1N2. The Kier molecular flexibility index (Phi) is 2.13. The van der Waals surface area contributed by atoms with Gasteiger partial charge in [0.15, 0.2) is 0 Å². The summed E-state index contributed by atoms with van der Waals surface area (Å²) in [4.78, 5) is 12.0. The highest BCUT2D eigenvalue weighted by atomic mass is 16.3. The average Bonchev–Trinajstić information content (AvgIpc) is 2.93. The summed E-state index contributed by atoms with van der Waals surface area (Å²) in [5.41, 5.74) is 1.00. The second kappa shape index (κ2) is 3.49. The molecule has 2 aliphatic rings. The summed E-state index contributed by atoms with van der Waals surface area (Å²) in [7, 11) is 0. The van der Waals surface area contributed by atoms with Crippen molar-refractivity contribution < 1.29 is 9.21 Å². The molecule has 3 unspecified atom stereocenters. The van der Waals surface area contributed by atoms with Crippen LogP contribution in [0.5, 0.6) is 0 Å². The molecule has 15 heavy (non-hydrogen) atoms. The Balaban J connectivity index is 1.66. The maximum atomic E-state index is 12.0. The highest BCUT2D eigenvalue weighted by molar-refractivity contribution is 5.84. The number of carbonyl (C=O) groups excluding carboxylic acids is 1. The predicted molar refractivity (Wildman–Crippen MR) is 55.5 cm³/mol. The van der Waals surface area contributed by atoms with Crippen LogP contribution in [-0.2, 0) is 11.2 Å². The molecule has 80 valence electrons. The zero-order valence-electron chi connectivity index (χ0n) is 8.61. The van der Waals surface area contributed by atoms with Gasteiger partial charge in [-0.15, -0.1) is 0 Å². The van der Waals surface area contributed by atoms with Gasteiger partial charge in [0.25, 0.3) is 0 Å². The third kappa shape index (κ3) is 1.61. The number of hydrogen-bond donors (Lipinski definition) is 1. The first-order valence-corrected chi connectivity index (χ1v) is 5.63. The van der Waals surface area contributed by atoms with Crippen molar-refractivity contribution in [3.63, 3.8) is 0 Å². The molecule has 0 spiro atoms. The van der Waals surface area contributed by atoms with Gasteiger partial charge in [-0.1, -0.05) is 0 Å². The second-order valence-corrected chi connectivity index (χ2v) is 4.66. The summed E-state index contributed by atoms with van der Waals surface area (Å²) in [5, 5.41) is 3.49. The lowest BCUT2D eigenvalue weighted by Gasteiger charge is -2.18. The van der Waals surface area contributed by atoms with Crippen LogP contribution in [0.3, 0.4) is 0 Å². The van der Waals surface area contributed by atoms with E-state index < -0.39 is 0 Å². The zero-order chi connectivity index (χ0) is 10.3. The Morgan fingerprint density at radius 2 is 2.47 bits per heavy atom. The van der Waals surface area contributed by atoms with Crippen molar-refractivity contribution in [3.8, 4) is 0 Å². The van der Waals surface area contributed by atoms with E-state index in [1.165, 1.54) is 12.8 Å².